The van der Waals surface area contributed by atoms with Crippen LogP contribution >= 0.6 is 0 Å². The van der Waals surface area contributed by atoms with Crippen molar-refractivity contribution in [1.82, 2.24) is 0 Å². The topological polar surface area (TPSA) is 37.3 Å². The van der Waals surface area contributed by atoms with Crippen molar-refractivity contribution in [3.8, 4) is 5.75 Å². The van der Waals surface area contributed by atoms with Crippen LogP contribution in [0.15, 0.2) is 12.1 Å². The van der Waals surface area contributed by atoms with Crippen LogP contribution in [0, 0.1) is 21.7 Å². The zero-order chi connectivity index (χ0) is 24.6. The minimum absolute atomic E-state index is 0.0926. The Labute approximate surface area is 194 Å². The van der Waals surface area contributed by atoms with E-state index in [1.807, 2.05) is 15.7 Å². The molecule has 0 aliphatic rings. The van der Waals surface area contributed by atoms with Gasteiger partial charge in [-0.2, -0.15) is 0 Å². The largest absolute Gasteiger partial charge is 0.509 e. The van der Waals surface area contributed by atoms with Gasteiger partial charge in [-0.05, 0) is 52.0 Å². The van der Waals surface area contributed by atoms with Gasteiger partial charge in [-0.1, -0.05) is 94.7 Å². The minimum Gasteiger partial charge on any atom is -0.509 e. The fourth-order valence-electron chi connectivity index (χ4n) is 5.65. The molecule has 2 nitrogen and oxygen atoms in total. The number of hydrogen-bond donors (Lipinski definition) is 1. The Balaban J connectivity index is 3.52. The van der Waals surface area contributed by atoms with Crippen LogP contribution in [0.5, 0.6) is 5.75 Å². The van der Waals surface area contributed by atoms with E-state index in [-0.39, 0.29) is 21.7 Å². The third kappa shape index (κ3) is 5.09. The Morgan fingerprint density at radius 3 is 1.68 bits per heavy atom. The predicted octanol–water partition coefficient (Wildman–Crippen LogP) is 4.44. The number of phenols is 1. The molecule has 0 heterocycles. The van der Waals surface area contributed by atoms with E-state index >= 15 is 0 Å². The van der Waals surface area contributed by atoms with Gasteiger partial charge in [-0.15, -0.1) is 0 Å². The second-order valence-corrected chi connectivity index (χ2v) is 12.8. The lowest BCUT2D eigenvalue weighted by Gasteiger charge is -2.53. The monoisotopic (exact) mass is 426 g/mol. The second-order valence-electron chi connectivity index (χ2n) is 12.8. The van der Waals surface area contributed by atoms with Crippen LogP contribution in [0.25, 0.3) is 0 Å². The Bertz CT molecular complexity index is 781. The lowest BCUT2D eigenvalue weighted by Crippen LogP contribution is -2.54. The first kappa shape index (κ1) is 27.9. The number of carbonyl (C=O) groups excluding carboxylic acids is 1. The van der Waals surface area contributed by atoms with E-state index in [9.17, 15) is 9.90 Å². The number of rotatable bonds is 9. The van der Waals surface area contributed by atoms with Gasteiger partial charge < -0.3 is 5.11 Å². The summed E-state index contributed by atoms with van der Waals surface area (Å²) < 4.78 is 0. The molecule has 0 bridgehead atoms. The van der Waals surface area contributed by atoms with Crippen molar-refractivity contribution in [2.24, 2.45) is 21.7 Å². The average molecular weight is 426 g/mol. The molecule has 1 aromatic carbocycles. The highest BCUT2D eigenvalue weighted by Gasteiger charge is 2.56. The summed E-state index contributed by atoms with van der Waals surface area (Å²) >= 11 is 0. The quantitative estimate of drug-likeness (QED) is 0.593. The number of carbonyl (C=O) groups is 1. The fourth-order valence-corrected chi connectivity index (χ4v) is 5.65. The number of phenolic OH excluding ortho intramolecular Hbond substituents is 1. The van der Waals surface area contributed by atoms with Crippen molar-refractivity contribution in [2.75, 3.05) is 0 Å². The Kier molecular flexibility index (Phi) is 8.07. The molecule has 0 fully saturated rings. The number of ketones is 1. The summed E-state index contributed by atoms with van der Waals surface area (Å²) in [5.74, 6) is 0.796. The molecule has 0 amide bonds. The fraction of sp³-hybridized carbons (Fsp3) is 0.741. The third-order valence-electron chi connectivity index (χ3n) is 8.76. The Hall–Kier alpha value is -1.18. The number of aromatic hydroxyl groups is 1. The first-order chi connectivity index (χ1) is 13.8. The molecule has 174 valence electrons. The second kappa shape index (κ2) is 8.99. The van der Waals surface area contributed by atoms with Gasteiger partial charge >= 0.3 is 0 Å². The van der Waals surface area contributed by atoms with Gasteiger partial charge in [0.1, 0.15) is 27.2 Å². The van der Waals surface area contributed by atoms with E-state index in [2.05, 4.69) is 88.3 Å². The predicted molar refractivity (Wildman–Crippen MR) is 142 cm³/mol. The first-order valence-electron chi connectivity index (χ1n) is 12.2. The van der Waals surface area contributed by atoms with Crippen molar-refractivity contribution in [3.05, 3.63) is 17.7 Å². The third-order valence-corrected chi connectivity index (χ3v) is 8.76. The van der Waals surface area contributed by atoms with E-state index in [1.165, 1.54) is 5.56 Å². The zero-order valence-corrected chi connectivity index (χ0v) is 22.8. The van der Waals surface area contributed by atoms with E-state index in [0.717, 1.165) is 36.6 Å². The molecule has 0 saturated heterocycles. The molecule has 1 rings (SSSR count). The molecular weight excluding hydrogens is 378 g/mol. The summed E-state index contributed by atoms with van der Waals surface area (Å²) in [6.07, 6.45) is 3.64. The van der Waals surface area contributed by atoms with Crippen molar-refractivity contribution < 1.29 is 9.90 Å². The zero-order valence-electron chi connectivity index (χ0n) is 22.8. The summed E-state index contributed by atoms with van der Waals surface area (Å²) in [5.41, 5.74) is 1.87. The van der Waals surface area contributed by atoms with E-state index in [4.69, 9.17) is 0 Å². The van der Waals surface area contributed by atoms with Crippen molar-refractivity contribution in [1.29, 1.82) is 0 Å². The molecule has 0 aromatic heterocycles. The number of hydrogen-bond acceptors (Lipinski definition) is 2. The van der Waals surface area contributed by atoms with Gasteiger partial charge in [0.15, 0.2) is 0 Å². The summed E-state index contributed by atoms with van der Waals surface area (Å²) in [4.78, 5) is 14.3. The van der Waals surface area contributed by atoms with E-state index < -0.39 is 5.41 Å². The van der Waals surface area contributed by atoms with Gasteiger partial charge in [0.25, 0.3) is 0 Å². The van der Waals surface area contributed by atoms with Gasteiger partial charge in [-0.3, -0.25) is 4.79 Å². The number of Topliss-reactive ketones (excluding diaryl/α,β-unsaturated/α-hetero) is 1. The van der Waals surface area contributed by atoms with Crippen LogP contribution in [-0.2, 0) is 10.2 Å². The highest BCUT2D eigenvalue weighted by Crippen LogP contribution is 2.56. The molecular formula is C27H48B2O2. The average Bonchev–Trinajstić information content (AvgIpc) is 2.62. The highest BCUT2D eigenvalue weighted by atomic mass is 16.3. The summed E-state index contributed by atoms with van der Waals surface area (Å²) in [6.45, 7) is 24.5. The maximum absolute atomic E-state index is 14.3. The van der Waals surface area contributed by atoms with Crippen molar-refractivity contribution >= 4 is 32.4 Å². The van der Waals surface area contributed by atoms with Crippen LogP contribution in [0.1, 0.15) is 107 Å². The summed E-state index contributed by atoms with van der Waals surface area (Å²) in [5, 5.41) is 10.2. The Morgan fingerprint density at radius 2 is 1.32 bits per heavy atom. The SMILES string of the molecule is Bc1cc(C(C)(C)CC(C)(C)C(C)(CCC)C(=O)C(C)(CC)C(C)(C)C)cc(B)c1O. The van der Waals surface area contributed by atoms with Crippen LogP contribution in [0.2, 0.25) is 0 Å². The van der Waals surface area contributed by atoms with Gasteiger partial charge in [0.2, 0.25) is 0 Å². The first-order valence-corrected chi connectivity index (χ1v) is 12.2. The minimum atomic E-state index is -0.419. The van der Waals surface area contributed by atoms with Crippen LogP contribution in [0.4, 0.5) is 0 Å². The van der Waals surface area contributed by atoms with Crippen LogP contribution < -0.4 is 10.9 Å². The van der Waals surface area contributed by atoms with E-state index in [1.54, 1.807) is 0 Å². The van der Waals surface area contributed by atoms with Crippen LogP contribution in [0.3, 0.4) is 0 Å². The normalized spacial score (nSPS) is 17.1. The van der Waals surface area contributed by atoms with E-state index in [0.29, 0.717) is 11.5 Å². The molecule has 2 unspecified atom stereocenters. The van der Waals surface area contributed by atoms with Gasteiger partial charge in [-0.25, -0.2) is 0 Å². The number of benzene rings is 1. The lowest BCUT2D eigenvalue weighted by molar-refractivity contribution is -0.153. The molecule has 0 radical (unpaired) electrons. The van der Waals surface area contributed by atoms with Crippen molar-refractivity contribution in [3.63, 3.8) is 0 Å². The molecule has 4 heteroatoms. The maximum Gasteiger partial charge on any atom is 0.145 e. The maximum atomic E-state index is 14.3. The summed E-state index contributed by atoms with van der Waals surface area (Å²) in [6, 6.07) is 4.23. The molecule has 0 aliphatic carbocycles. The Morgan fingerprint density at radius 1 is 0.871 bits per heavy atom. The molecule has 0 aliphatic heterocycles. The van der Waals surface area contributed by atoms with Gasteiger partial charge in [0, 0.05) is 10.8 Å². The smallest absolute Gasteiger partial charge is 0.145 e. The molecule has 1 N–H and O–H groups in total. The molecule has 1 aromatic rings. The summed E-state index contributed by atoms with van der Waals surface area (Å²) in [7, 11) is 3.93. The lowest BCUT2D eigenvalue weighted by atomic mass is 9.49. The molecule has 31 heavy (non-hydrogen) atoms. The molecule has 2 atom stereocenters. The van der Waals surface area contributed by atoms with Crippen molar-refractivity contribution in [2.45, 2.75) is 107 Å². The van der Waals surface area contributed by atoms with Crippen LogP contribution in [-0.4, -0.2) is 26.6 Å². The standard InChI is InChI=1S/C27H48B2O2/c1-12-14-27(11,22(31)26(10,13-2)23(3,4)5)25(8,9)17-24(6,7)18-15-19(28)21(30)20(29)16-18/h15-16,30H,12-14,17,28-29H2,1-11H3. The molecule has 0 saturated carbocycles. The van der Waals surface area contributed by atoms with Gasteiger partial charge in [0.05, 0.1) is 0 Å². The highest BCUT2D eigenvalue weighted by molar-refractivity contribution is 6.41. The molecule has 0 spiro atoms.